The van der Waals surface area contributed by atoms with Gasteiger partial charge in [0.1, 0.15) is 0 Å². The lowest BCUT2D eigenvalue weighted by Gasteiger charge is -2.35. The summed E-state index contributed by atoms with van der Waals surface area (Å²) in [5.41, 5.74) is 12.8. The standard InChI is InChI=1S/C41H39N/c1-3-30-24-26-41(25-23-29(2)27-30)38-21-10-9-19-36(38)37-20-12-22-39(40(37)41)42-33-16-11-15-32(28-33)35-18-8-7-17-34(35)31-13-5-4-6-14-31/h4-23,25,28-30,42H,3,24,26-27H2,1-2H3/b25-23+. The zero-order valence-corrected chi connectivity index (χ0v) is 24.7. The molecule has 2 aliphatic carbocycles. The summed E-state index contributed by atoms with van der Waals surface area (Å²) in [6.07, 6.45) is 9.99. The minimum absolute atomic E-state index is 0.116. The van der Waals surface area contributed by atoms with E-state index in [4.69, 9.17) is 0 Å². The molecule has 0 aromatic heterocycles. The van der Waals surface area contributed by atoms with Crippen LogP contribution in [-0.2, 0) is 5.41 Å². The second-order valence-electron chi connectivity index (χ2n) is 12.2. The Morgan fingerprint density at radius 2 is 1.36 bits per heavy atom. The first-order valence-electron chi connectivity index (χ1n) is 15.6. The second-order valence-corrected chi connectivity index (χ2v) is 12.2. The Labute approximate surface area is 251 Å². The van der Waals surface area contributed by atoms with E-state index in [1.54, 1.807) is 0 Å². The number of nitrogens with one attached hydrogen (secondary N) is 1. The molecule has 0 aliphatic heterocycles. The van der Waals surface area contributed by atoms with Gasteiger partial charge >= 0.3 is 0 Å². The Bertz CT molecular complexity index is 1750. The molecule has 0 amide bonds. The van der Waals surface area contributed by atoms with Crippen LogP contribution < -0.4 is 5.32 Å². The van der Waals surface area contributed by atoms with Gasteiger partial charge in [-0.3, -0.25) is 0 Å². The lowest BCUT2D eigenvalue weighted by molar-refractivity contribution is 0.350. The molecule has 3 unspecified atom stereocenters. The summed E-state index contributed by atoms with van der Waals surface area (Å²) in [6.45, 7) is 4.75. The van der Waals surface area contributed by atoms with Crippen LogP contribution >= 0.6 is 0 Å². The summed E-state index contributed by atoms with van der Waals surface area (Å²) < 4.78 is 0. The van der Waals surface area contributed by atoms with Crippen LogP contribution in [0.2, 0.25) is 0 Å². The summed E-state index contributed by atoms with van der Waals surface area (Å²) in [5.74, 6) is 1.35. The number of fused-ring (bicyclic) bond motifs is 5. The van der Waals surface area contributed by atoms with E-state index in [9.17, 15) is 0 Å². The third-order valence-electron chi connectivity index (χ3n) is 9.61. The van der Waals surface area contributed by atoms with Gasteiger partial charge in [-0.2, -0.15) is 0 Å². The summed E-state index contributed by atoms with van der Waals surface area (Å²) in [4.78, 5) is 0. The average molecular weight is 546 g/mol. The summed E-state index contributed by atoms with van der Waals surface area (Å²) in [6, 6.07) is 44.3. The molecule has 1 N–H and O–H groups in total. The summed E-state index contributed by atoms with van der Waals surface area (Å²) in [7, 11) is 0. The van der Waals surface area contributed by atoms with Crippen molar-refractivity contribution in [3.63, 3.8) is 0 Å². The van der Waals surface area contributed by atoms with Crippen molar-refractivity contribution in [2.24, 2.45) is 11.8 Å². The van der Waals surface area contributed by atoms with Crippen LogP contribution in [0.5, 0.6) is 0 Å². The Kier molecular flexibility index (Phi) is 7.04. The number of allylic oxidation sites excluding steroid dienone is 2. The zero-order chi connectivity index (χ0) is 28.5. The monoisotopic (exact) mass is 545 g/mol. The van der Waals surface area contributed by atoms with Crippen molar-refractivity contribution in [3.8, 4) is 33.4 Å². The predicted octanol–water partition coefficient (Wildman–Crippen LogP) is 11.4. The van der Waals surface area contributed by atoms with Crippen LogP contribution in [0, 0.1) is 11.8 Å². The number of rotatable bonds is 5. The van der Waals surface area contributed by atoms with Crippen molar-refractivity contribution in [2.45, 2.75) is 44.9 Å². The predicted molar refractivity (Wildman–Crippen MR) is 179 cm³/mol. The molecule has 2 aliphatic rings. The van der Waals surface area contributed by atoms with E-state index in [2.05, 4.69) is 153 Å². The van der Waals surface area contributed by atoms with Gasteiger partial charge in [0.2, 0.25) is 0 Å². The largest absolute Gasteiger partial charge is 0.355 e. The van der Waals surface area contributed by atoms with E-state index in [-0.39, 0.29) is 5.41 Å². The third kappa shape index (κ3) is 4.68. The summed E-state index contributed by atoms with van der Waals surface area (Å²) >= 11 is 0. The molecule has 208 valence electrons. The fraction of sp³-hybridized carbons (Fsp3) is 0.220. The Balaban J connectivity index is 1.32. The van der Waals surface area contributed by atoms with E-state index in [0.29, 0.717) is 5.92 Å². The Hall–Kier alpha value is -4.36. The fourth-order valence-corrected chi connectivity index (χ4v) is 7.50. The molecule has 5 aromatic rings. The molecule has 0 fully saturated rings. The van der Waals surface area contributed by atoms with Crippen molar-refractivity contribution < 1.29 is 0 Å². The first-order valence-corrected chi connectivity index (χ1v) is 15.6. The van der Waals surface area contributed by atoms with Crippen LogP contribution in [0.25, 0.3) is 33.4 Å². The highest BCUT2D eigenvalue weighted by atomic mass is 14.9. The van der Waals surface area contributed by atoms with Gasteiger partial charge in [0, 0.05) is 16.8 Å². The fourth-order valence-electron chi connectivity index (χ4n) is 7.50. The van der Waals surface area contributed by atoms with E-state index in [0.717, 1.165) is 18.0 Å². The van der Waals surface area contributed by atoms with Crippen LogP contribution in [0.1, 0.15) is 50.7 Å². The number of hydrogen-bond acceptors (Lipinski definition) is 1. The first-order chi connectivity index (χ1) is 20.7. The topological polar surface area (TPSA) is 12.0 Å². The molecule has 0 radical (unpaired) electrons. The molecule has 1 nitrogen and oxygen atoms in total. The zero-order valence-electron chi connectivity index (χ0n) is 24.7. The van der Waals surface area contributed by atoms with E-state index < -0.39 is 0 Å². The van der Waals surface area contributed by atoms with Gasteiger partial charge in [0.05, 0.1) is 0 Å². The highest BCUT2D eigenvalue weighted by molar-refractivity contribution is 5.89. The molecule has 0 saturated carbocycles. The van der Waals surface area contributed by atoms with Crippen LogP contribution in [-0.4, -0.2) is 0 Å². The molecule has 0 heterocycles. The van der Waals surface area contributed by atoms with Gasteiger partial charge in [-0.05, 0) is 93.8 Å². The lowest BCUT2D eigenvalue weighted by atomic mass is 9.69. The number of benzene rings is 5. The Morgan fingerprint density at radius 1 is 0.690 bits per heavy atom. The molecule has 42 heavy (non-hydrogen) atoms. The molecule has 1 spiro atoms. The van der Waals surface area contributed by atoms with Crippen molar-refractivity contribution >= 4 is 11.4 Å². The maximum atomic E-state index is 3.92. The molecule has 0 saturated heterocycles. The molecule has 1 heteroatoms. The van der Waals surface area contributed by atoms with Gasteiger partial charge in [-0.15, -0.1) is 0 Å². The maximum Gasteiger partial charge on any atom is 0.0435 e. The molecule has 7 rings (SSSR count). The number of hydrogen-bond donors (Lipinski definition) is 1. The van der Waals surface area contributed by atoms with Crippen molar-refractivity contribution in [1.82, 2.24) is 0 Å². The molecule has 5 aromatic carbocycles. The van der Waals surface area contributed by atoms with Crippen molar-refractivity contribution in [3.05, 3.63) is 145 Å². The van der Waals surface area contributed by atoms with Crippen LogP contribution in [0.3, 0.4) is 0 Å². The normalized spacial score (nSPS) is 21.7. The molecule has 0 bridgehead atoms. The smallest absolute Gasteiger partial charge is 0.0435 e. The molecule has 3 atom stereocenters. The lowest BCUT2D eigenvalue weighted by Crippen LogP contribution is -2.27. The maximum absolute atomic E-state index is 3.92. The van der Waals surface area contributed by atoms with Crippen LogP contribution in [0.4, 0.5) is 11.4 Å². The van der Waals surface area contributed by atoms with Crippen molar-refractivity contribution in [2.75, 3.05) is 5.32 Å². The minimum Gasteiger partial charge on any atom is -0.355 e. The van der Waals surface area contributed by atoms with Crippen LogP contribution in [0.15, 0.2) is 133 Å². The van der Waals surface area contributed by atoms with Gasteiger partial charge in [0.25, 0.3) is 0 Å². The molecular formula is C41H39N. The van der Waals surface area contributed by atoms with Gasteiger partial charge in [-0.25, -0.2) is 0 Å². The van der Waals surface area contributed by atoms with Gasteiger partial charge in [0.15, 0.2) is 0 Å². The SMILES string of the molecule is CCC1CCC2(/C=C/C(C)C1)c1ccccc1-c1cccc(Nc3cccc(-c4ccccc4-c4ccccc4)c3)c12. The first kappa shape index (κ1) is 26.5. The van der Waals surface area contributed by atoms with E-state index in [1.807, 2.05) is 0 Å². The third-order valence-corrected chi connectivity index (χ3v) is 9.61. The van der Waals surface area contributed by atoms with E-state index in [1.165, 1.54) is 69.5 Å². The quantitative estimate of drug-likeness (QED) is 0.217. The second kappa shape index (κ2) is 11.1. The van der Waals surface area contributed by atoms with Crippen molar-refractivity contribution in [1.29, 1.82) is 0 Å². The summed E-state index contributed by atoms with van der Waals surface area (Å²) in [5, 5.41) is 3.92. The minimum atomic E-state index is -0.116. The Morgan fingerprint density at radius 3 is 2.17 bits per heavy atom. The van der Waals surface area contributed by atoms with Gasteiger partial charge < -0.3 is 5.32 Å². The molecular weight excluding hydrogens is 506 g/mol. The van der Waals surface area contributed by atoms with E-state index >= 15 is 0 Å². The highest BCUT2D eigenvalue weighted by Gasteiger charge is 2.43. The van der Waals surface area contributed by atoms with Gasteiger partial charge in [-0.1, -0.05) is 136 Å². The number of anilines is 2. The average Bonchev–Trinajstić information content (AvgIpc) is 3.33. The highest BCUT2D eigenvalue weighted by Crippen LogP contribution is 2.56.